The molecular formula is C17H18N6O2S. The Balaban J connectivity index is 1.86. The molecule has 0 bridgehead atoms. The van der Waals surface area contributed by atoms with Crippen LogP contribution in [0.15, 0.2) is 58.8 Å². The number of nitrogens with one attached hydrogen (secondary N) is 1. The lowest BCUT2D eigenvalue weighted by Crippen LogP contribution is -2.21. The largest absolute Gasteiger partial charge is 0.276 e. The van der Waals surface area contributed by atoms with Crippen molar-refractivity contribution in [2.24, 2.45) is 5.10 Å². The molecule has 0 aliphatic carbocycles. The van der Waals surface area contributed by atoms with E-state index in [9.17, 15) is 8.42 Å². The van der Waals surface area contributed by atoms with Crippen LogP contribution in [0.4, 0.5) is 0 Å². The van der Waals surface area contributed by atoms with Crippen LogP contribution >= 0.6 is 0 Å². The average Bonchev–Trinajstić information content (AvgIpc) is 3.16. The Labute approximate surface area is 151 Å². The molecule has 134 valence electrons. The molecule has 9 heteroatoms. The van der Waals surface area contributed by atoms with E-state index >= 15 is 0 Å². The maximum absolute atomic E-state index is 12.5. The average molecular weight is 370 g/mol. The molecule has 0 saturated carbocycles. The molecular weight excluding hydrogens is 352 g/mol. The van der Waals surface area contributed by atoms with E-state index in [1.807, 2.05) is 37.3 Å². The zero-order valence-corrected chi connectivity index (χ0v) is 15.4. The summed E-state index contributed by atoms with van der Waals surface area (Å²) in [6.07, 6.45) is 1.48. The Morgan fingerprint density at radius 1 is 1.15 bits per heavy atom. The predicted molar refractivity (Wildman–Crippen MR) is 97.6 cm³/mol. The van der Waals surface area contributed by atoms with Gasteiger partial charge in [0.15, 0.2) is 0 Å². The number of sulfonamides is 1. The van der Waals surface area contributed by atoms with E-state index in [4.69, 9.17) is 0 Å². The van der Waals surface area contributed by atoms with Gasteiger partial charge in [-0.1, -0.05) is 24.3 Å². The lowest BCUT2D eigenvalue weighted by molar-refractivity contribution is 0.583. The molecule has 0 radical (unpaired) electrons. The van der Waals surface area contributed by atoms with Crippen LogP contribution in [0.5, 0.6) is 0 Å². The molecule has 0 spiro atoms. The van der Waals surface area contributed by atoms with Gasteiger partial charge in [0, 0.05) is 0 Å². The van der Waals surface area contributed by atoms with E-state index in [2.05, 4.69) is 25.5 Å². The fourth-order valence-electron chi connectivity index (χ4n) is 2.39. The predicted octanol–water partition coefficient (Wildman–Crippen LogP) is 1.98. The lowest BCUT2D eigenvalue weighted by Gasteiger charge is -2.09. The SMILES string of the molecule is C/C(=N\NS(=O)(=O)c1cc(C)ccc1C)c1cccc(-n2cnnn2)c1. The highest BCUT2D eigenvalue weighted by molar-refractivity contribution is 7.89. The van der Waals surface area contributed by atoms with Crippen LogP contribution in [0, 0.1) is 13.8 Å². The summed E-state index contributed by atoms with van der Waals surface area (Å²) in [4.78, 5) is 2.53. The summed E-state index contributed by atoms with van der Waals surface area (Å²) in [7, 11) is -3.74. The van der Waals surface area contributed by atoms with E-state index < -0.39 is 10.0 Å². The van der Waals surface area contributed by atoms with Crippen molar-refractivity contribution in [3.05, 3.63) is 65.5 Å². The van der Waals surface area contributed by atoms with Crippen LogP contribution in [0.25, 0.3) is 5.69 Å². The minimum absolute atomic E-state index is 0.219. The summed E-state index contributed by atoms with van der Waals surface area (Å²) < 4.78 is 26.6. The monoisotopic (exact) mass is 370 g/mol. The molecule has 0 unspecified atom stereocenters. The van der Waals surface area contributed by atoms with Crippen LogP contribution in [-0.2, 0) is 10.0 Å². The standard InChI is InChI=1S/C17H18N6O2S/c1-12-7-8-13(2)17(9-12)26(24,25)22-19-14(3)15-5-4-6-16(10-15)23-11-18-20-21-23/h4-11,22H,1-3H3/b19-14+. The molecule has 0 aliphatic rings. The fourth-order valence-corrected chi connectivity index (χ4v) is 3.58. The van der Waals surface area contributed by atoms with Crippen LogP contribution in [0.3, 0.4) is 0 Å². The van der Waals surface area contributed by atoms with Crippen LogP contribution in [0.2, 0.25) is 0 Å². The third-order valence-corrected chi connectivity index (χ3v) is 5.19. The Kier molecular flexibility index (Phi) is 4.81. The first kappa shape index (κ1) is 17.7. The first-order chi connectivity index (χ1) is 12.4. The van der Waals surface area contributed by atoms with Crippen LogP contribution < -0.4 is 4.83 Å². The van der Waals surface area contributed by atoms with Gasteiger partial charge < -0.3 is 0 Å². The summed E-state index contributed by atoms with van der Waals surface area (Å²) in [5.41, 5.74) is 3.55. The highest BCUT2D eigenvalue weighted by Gasteiger charge is 2.16. The number of rotatable bonds is 5. The number of hydrazone groups is 1. The number of hydrogen-bond acceptors (Lipinski definition) is 6. The van der Waals surface area contributed by atoms with Crippen molar-refractivity contribution in [1.82, 2.24) is 25.0 Å². The maximum atomic E-state index is 12.5. The van der Waals surface area contributed by atoms with Crippen molar-refractivity contribution >= 4 is 15.7 Å². The van der Waals surface area contributed by atoms with Crippen molar-refractivity contribution in [3.63, 3.8) is 0 Å². The highest BCUT2D eigenvalue weighted by Crippen LogP contribution is 2.17. The van der Waals surface area contributed by atoms with E-state index in [0.717, 1.165) is 16.8 Å². The first-order valence-corrected chi connectivity index (χ1v) is 9.32. The van der Waals surface area contributed by atoms with E-state index in [0.29, 0.717) is 11.3 Å². The molecule has 8 nitrogen and oxygen atoms in total. The lowest BCUT2D eigenvalue weighted by atomic mass is 10.1. The fraction of sp³-hybridized carbons (Fsp3) is 0.176. The van der Waals surface area contributed by atoms with Crippen molar-refractivity contribution in [2.45, 2.75) is 25.7 Å². The molecule has 0 fully saturated rings. The van der Waals surface area contributed by atoms with Crippen molar-refractivity contribution in [1.29, 1.82) is 0 Å². The number of aromatic nitrogens is 4. The van der Waals surface area contributed by atoms with Gasteiger partial charge in [-0.05, 0) is 66.1 Å². The smallest absolute Gasteiger partial charge is 0.201 e. The van der Waals surface area contributed by atoms with Gasteiger partial charge in [0.1, 0.15) is 6.33 Å². The third-order valence-electron chi connectivity index (χ3n) is 3.84. The first-order valence-electron chi connectivity index (χ1n) is 7.84. The second-order valence-corrected chi connectivity index (χ2v) is 7.49. The molecule has 2 aromatic carbocycles. The van der Waals surface area contributed by atoms with E-state index in [-0.39, 0.29) is 4.90 Å². The van der Waals surface area contributed by atoms with Gasteiger partial charge in [-0.15, -0.1) is 5.10 Å². The molecule has 0 aliphatic heterocycles. The molecule has 0 amide bonds. The minimum atomic E-state index is -3.74. The second-order valence-electron chi connectivity index (χ2n) is 5.87. The van der Waals surface area contributed by atoms with Gasteiger partial charge in [0.05, 0.1) is 16.3 Å². The zero-order valence-electron chi connectivity index (χ0n) is 14.6. The number of aryl methyl sites for hydroxylation is 2. The van der Waals surface area contributed by atoms with E-state index in [1.165, 1.54) is 11.0 Å². The Morgan fingerprint density at radius 2 is 1.96 bits per heavy atom. The van der Waals surface area contributed by atoms with Gasteiger partial charge in [-0.25, -0.2) is 4.68 Å². The topological polar surface area (TPSA) is 102 Å². The molecule has 1 N–H and O–H groups in total. The summed E-state index contributed by atoms with van der Waals surface area (Å²) in [6.45, 7) is 5.32. The molecule has 3 aromatic rings. The van der Waals surface area contributed by atoms with Gasteiger partial charge in [0.25, 0.3) is 10.0 Å². The summed E-state index contributed by atoms with van der Waals surface area (Å²) in [6, 6.07) is 12.6. The van der Waals surface area contributed by atoms with Crippen molar-refractivity contribution in [2.75, 3.05) is 0 Å². The van der Waals surface area contributed by atoms with Gasteiger partial charge in [0.2, 0.25) is 0 Å². The summed E-state index contributed by atoms with van der Waals surface area (Å²) >= 11 is 0. The van der Waals surface area contributed by atoms with Gasteiger partial charge in [-0.3, -0.25) is 0 Å². The van der Waals surface area contributed by atoms with Gasteiger partial charge in [-0.2, -0.15) is 18.4 Å². The van der Waals surface area contributed by atoms with Crippen molar-refractivity contribution < 1.29 is 8.42 Å². The Bertz CT molecular complexity index is 1060. The van der Waals surface area contributed by atoms with Crippen LogP contribution in [-0.4, -0.2) is 34.3 Å². The zero-order chi connectivity index (χ0) is 18.7. The Morgan fingerprint density at radius 3 is 2.69 bits per heavy atom. The third kappa shape index (κ3) is 3.77. The molecule has 0 saturated heterocycles. The number of tetrazole rings is 1. The highest BCUT2D eigenvalue weighted by atomic mass is 32.2. The summed E-state index contributed by atoms with van der Waals surface area (Å²) in [5, 5.41) is 15.1. The molecule has 26 heavy (non-hydrogen) atoms. The minimum Gasteiger partial charge on any atom is -0.201 e. The molecule has 1 aromatic heterocycles. The number of nitrogens with zero attached hydrogens (tertiary/aromatic N) is 5. The quantitative estimate of drug-likeness (QED) is 0.546. The second kappa shape index (κ2) is 7.04. The normalized spacial score (nSPS) is 12.2. The Hall–Kier alpha value is -3.07. The van der Waals surface area contributed by atoms with Crippen LogP contribution in [0.1, 0.15) is 23.6 Å². The van der Waals surface area contributed by atoms with Crippen molar-refractivity contribution in [3.8, 4) is 5.69 Å². The number of benzene rings is 2. The maximum Gasteiger partial charge on any atom is 0.276 e. The van der Waals surface area contributed by atoms with E-state index in [1.54, 1.807) is 26.0 Å². The number of hydrogen-bond donors (Lipinski definition) is 1. The summed E-state index contributed by atoms with van der Waals surface area (Å²) in [5.74, 6) is 0. The van der Waals surface area contributed by atoms with Gasteiger partial charge >= 0.3 is 0 Å². The molecule has 0 atom stereocenters. The molecule has 3 rings (SSSR count). The molecule has 1 heterocycles.